The van der Waals surface area contributed by atoms with Gasteiger partial charge in [0.2, 0.25) is 5.91 Å². The van der Waals surface area contributed by atoms with Crippen LogP contribution in [0.1, 0.15) is 58.8 Å². The molecule has 3 N–H and O–H groups in total. The van der Waals surface area contributed by atoms with E-state index in [1.807, 2.05) is 24.3 Å². The average molecular weight is 662 g/mol. The standard InChI is InChI=1S/C36H40ClN3O7/c1-23-34(31-20-28(46-2)11-13-32(31)40(23)35(43)25-7-9-26(37)10-8-25)30(36(44)45)12-14-33(42)38-16-4-18-47-29-6-3-5-24(19-29)21-39-17-15-27(41)22-39/h3,5-11,13,19-20,27,30,41H,4,12,14-18,21-22H2,1-2H3,(H,38,42)(H,44,45). The number of amides is 1. The van der Waals surface area contributed by atoms with Gasteiger partial charge >= 0.3 is 5.97 Å². The topological polar surface area (TPSA) is 130 Å². The molecule has 1 amide bonds. The summed E-state index contributed by atoms with van der Waals surface area (Å²) in [5.74, 6) is -1.42. The van der Waals surface area contributed by atoms with E-state index in [0.717, 1.165) is 30.8 Å². The first-order chi connectivity index (χ1) is 22.6. The molecule has 2 unspecified atom stereocenters. The Morgan fingerprint density at radius 3 is 2.55 bits per heavy atom. The number of rotatable bonds is 14. The number of hydrogen-bond acceptors (Lipinski definition) is 7. The highest BCUT2D eigenvalue weighted by Gasteiger charge is 2.30. The third-order valence-corrected chi connectivity index (χ3v) is 8.78. The predicted molar refractivity (Wildman–Crippen MR) is 179 cm³/mol. The largest absolute Gasteiger partial charge is 0.497 e. The van der Waals surface area contributed by atoms with Crippen LogP contribution in [0.5, 0.6) is 11.5 Å². The summed E-state index contributed by atoms with van der Waals surface area (Å²) in [7, 11) is 1.52. The number of benzene rings is 3. The van der Waals surface area contributed by atoms with Crippen LogP contribution in [0.25, 0.3) is 10.9 Å². The fraction of sp³-hybridized carbons (Fsp3) is 0.361. The Bertz CT molecular complexity index is 1740. The van der Waals surface area contributed by atoms with Gasteiger partial charge in [0, 0.05) is 54.3 Å². The van der Waals surface area contributed by atoms with Crippen LogP contribution in [0.15, 0.2) is 66.7 Å². The molecule has 0 bridgehead atoms. The molecule has 0 radical (unpaired) electrons. The van der Waals surface area contributed by atoms with Crippen LogP contribution in [0.4, 0.5) is 0 Å². The van der Waals surface area contributed by atoms with Crippen molar-refractivity contribution in [2.45, 2.75) is 51.2 Å². The highest BCUT2D eigenvalue weighted by atomic mass is 35.5. The number of β-amino-alcohol motifs (C(OH)–C–C–N with tert-alkyl or cyclic N) is 1. The highest BCUT2D eigenvalue weighted by Crippen LogP contribution is 2.37. The van der Waals surface area contributed by atoms with Crippen molar-refractivity contribution in [1.29, 1.82) is 0 Å². The molecule has 0 spiro atoms. The quantitative estimate of drug-likeness (QED) is 0.153. The zero-order valence-corrected chi connectivity index (χ0v) is 27.3. The molecule has 0 saturated carbocycles. The number of carbonyl (C=O) groups is 3. The van der Waals surface area contributed by atoms with E-state index in [9.17, 15) is 24.6 Å². The lowest BCUT2D eigenvalue weighted by Gasteiger charge is -2.16. The third kappa shape index (κ3) is 8.32. The van der Waals surface area contributed by atoms with Gasteiger partial charge in [-0.1, -0.05) is 23.7 Å². The first-order valence-electron chi connectivity index (χ1n) is 15.8. The van der Waals surface area contributed by atoms with Crippen molar-refractivity contribution in [2.24, 2.45) is 0 Å². The van der Waals surface area contributed by atoms with Gasteiger partial charge in [0.15, 0.2) is 0 Å². The molecule has 2 atom stereocenters. The number of aromatic nitrogens is 1. The first kappa shape index (κ1) is 34.0. The lowest BCUT2D eigenvalue weighted by Crippen LogP contribution is -2.26. The number of nitrogens with one attached hydrogen (secondary N) is 1. The zero-order valence-electron chi connectivity index (χ0n) is 26.6. The van der Waals surface area contributed by atoms with Crippen molar-refractivity contribution >= 4 is 40.3 Å². The monoisotopic (exact) mass is 661 g/mol. The molecule has 1 aromatic heterocycles. The molecule has 4 aromatic rings. The van der Waals surface area contributed by atoms with Gasteiger partial charge in [-0.15, -0.1) is 0 Å². The summed E-state index contributed by atoms with van der Waals surface area (Å²) in [4.78, 5) is 41.2. The van der Waals surface area contributed by atoms with E-state index in [-0.39, 0.29) is 30.8 Å². The van der Waals surface area contributed by atoms with E-state index in [1.165, 1.54) is 11.7 Å². The molecule has 11 heteroatoms. The number of aliphatic carboxylic acids is 1. The van der Waals surface area contributed by atoms with Gasteiger partial charge in [0.25, 0.3) is 5.91 Å². The van der Waals surface area contributed by atoms with E-state index >= 15 is 0 Å². The number of fused-ring (bicyclic) bond motifs is 1. The van der Waals surface area contributed by atoms with Gasteiger partial charge < -0.3 is 25.0 Å². The van der Waals surface area contributed by atoms with Crippen molar-refractivity contribution in [1.82, 2.24) is 14.8 Å². The SMILES string of the molecule is COc1ccc2c(c1)c(C(CCC(=O)NCCCOc1cccc(CN3CCC(O)C3)c1)C(=O)O)c(C)n2C(=O)c1ccc(Cl)cc1. The summed E-state index contributed by atoms with van der Waals surface area (Å²) < 4.78 is 12.8. The number of nitrogens with zero attached hydrogens (tertiary/aromatic N) is 2. The number of methoxy groups -OCH3 is 1. The van der Waals surface area contributed by atoms with Gasteiger partial charge in [-0.3, -0.25) is 23.9 Å². The van der Waals surface area contributed by atoms with E-state index in [2.05, 4.69) is 10.2 Å². The zero-order chi connectivity index (χ0) is 33.5. The summed E-state index contributed by atoms with van der Waals surface area (Å²) in [6, 6.07) is 19.6. The van der Waals surface area contributed by atoms with E-state index < -0.39 is 11.9 Å². The molecular weight excluding hydrogens is 622 g/mol. The van der Waals surface area contributed by atoms with E-state index in [1.54, 1.807) is 49.4 Å². The Hall–Kier alpha value is -4.38. The minimum absolute atomic E-state index is 0.00766. The summed E-state index contributed by atoms with van der Waals surface area (Å²) in [6.45, 7) is 4.83. The highest BCUT2D eigenvalue weighted by molar-refractivity contribution is 6.30. The van der Waals surface area contributed by atoms with Crippen molar-refractivity contribution in [3.63, 3.8) is 0 Å². The number of hydrogen-bond donors (Lipinski definition) is 3. The number of carboxylic acid groups (broad SMARTS) is 1. The Morgan fingerprint density at radius 2 is 1.85 bits per heavy atom. The molecule has 5 rings (SSSR count). The molecule has 1 aliphatic heterocycles. The minimum Gasteiger partial charge on any atom is -0.497 e. The Kier molecular flexibility index (Phi) is 11.2. The molecule has 1 aliphatic rings. The summed E-state index contributed by atoms with van der Waals surface area (Å²) in [5.41, 5.74) is 3.03. The fourth-order valence-electron chi connectivity index (χ4n) is 6.16. The predicted octanol–water partition coefficient (Wildman–Crippen LogP) is 5.40. The lowest BCUT2D eigenvalue weighted by molar-refractivity contribution is -0.139. The van der Waals surface area contributed by atoms with Crippen LogP contribution < -0.4 is 14.8 Å². The van der Waals surface area contributed by atoms with Gasteiger partial charge in [-0.25, -0.2) is 0 Å². The molecule has 47 heavy (non-hydrogen) atoms. The summed E-state index contributed by atoms with van der Waals surface area (Å²) in [5, 5.41) is 24.0. The first-order valence-corrected chi connectivity index (χ1v) is 16.1. The molecule has 10 nitrogen and oxygen atoms in total. The number of carbonyl (C=O) groups excluding carboxylic acids is 2. The maximum atomic E-state index is 13.6. The normalized spacial score (nSPS) is 15.4. The summed E-state index contributed by atoms with van der Waals surface area (Å²) in [6.07, 6.45) is 1.16. The maximum absolute atomic E-state index is 13.6. The van der Waals surface area contributed by atoms with Gasteiger partial charge in [-0.2, -0.15) is 0 Å². The second-order valence-electron chi connectivity index (χ2n) is 11.8. The molecule has 1 saturated heterocycles. The van der Waals surface area contributed by atoms with Crippen LogP contribution in [0.2, 0.25) is 5.02 Å². The van der Waals surface area contributed by atoms with Crippen LogP contribution in [-0.4, -0.2) is 76.9 Å². The van der Waals surface area contributed by atoms with E-state index in [0.29, 0.717) is 64.6 Å². The average Bonchev–Trinajstić information content (AvgIpc) is 3.59. The molecule has 3 aromatic carbocycles. The molecule has 0 aliphatic carbocycles. The number of likely N-dealkylation sites (tertiary alicyclic amines) is 1. The van der Waals surface area contributed by atoms with E-state index in [4.69, 9.17) is 21.1 Å². The number of aliphatic hydroxyl groups excluding tert-OH is 1. The fourth-order valence-corrected chi connectivity index (χ4v) is 6.29. The van der Waals surface area contributed by atoms with Gasteiger partial charge in [0.05, 0.1) is 31.3 Å². The summed E-state index contributed by atoms with van der Waals surface area (Å²) >= 11 is 6.02. The Labute approximate surface area is 278 Å². The number of carboxylic acids is 1. The smallest absolute Gasteiger partial charge is 0.311 e. The minimum atomic E-state index is -1.08. The second kappa shape index (κ2) is 15.5. The third-order valence-electron chi connectivity index (χ3n) is 8.53. The van der Waals surface area contributed by atoms with Crippen LogP contribution >= 0.6 is 11.6 Å². The van der Waals surface area contributed by atoms with Crippen LogP contribution in [-0.2, 0) is 16.1 Å². The molecule has 1 fully saturated rings. The molecule has 2 heterocycles. The van der Waals surface area contributed by atoms with Crippen molar-refractivity contribution in [3.8, 4) is 11.5 Å². The molecular formula is C36H40ClN3O7. The van der Waals surface area contributed by atoms with Crippen molar-refractivity contribution in [2.75, 3.05) is 33.4 Å². The number of aliphatic hydroxyl groups is 1. The van der Waals surface area contributed by atoms with Crippen LogP contribution in [0, 0.1) is 6.92 Å². The number of ether oxygens (including phenoxy) is 2. The maximum Gasteiger partial charge on any atom is 0.311 e. The lowest BCUT2D eigenvalue weighted by atomic mass is 9.91. The van der Waals surface area contributed by atoms with Gasteiger partial charge in [0.1, 0.15) is 11.5 Å². The van der Waals surface area contributed by atoms with Crippen molar-refractivity contribution < 1.29 is 34.1 Å². The number of halogens is 1. The second-order valence-corrected chi connectivity index (χ2v) is 12.3. The Balaban J connectivity index is 1.19. The van der Waals surface area contributed by atoms with Crippen molar-refractivity contribution in [3.05, 3.63) is 94.1 Å². The van der Waals surface area contributed by atoms with Crippen LogP contribution in [0.3, 0.4) is 0 Å². The molecule has 248 valence electrons. The van der Waals surface area contributed by atoms with Gasteiger partial charge in [-0.05, 0) is 91.9 Å². The Morgan fingerprint density at radius 1 is 1.06 bits per heavy atom.